The lowest BCUT2D eigenvalue weighted by atomic mass is 10.1. The molecule has 2 aliphatic rings. The minimum Gasteiger partial charge on any atom is -0.465 e. The summed E-state index contributed by atoms with van der Waals surface area (Å²) in [6.45, 7) is 7.16. The molecule has 0 radical (unpaired) electrons. The highest BCUT2D eigenvalue weighted by Crippen LogP contribution is 2.18. The van der Waals surface area contributed by atoms with E-state index in [1.54, 1.807) is 0 Å². The highest BCUT2D eigenvalue weighted by atomic mass is 16.5. The second kappa shape index (κ2) is 5.80. The van der Waals surface area contributed by atoms with Crippen molar-refractivity contribution in [2.24, 2.45) is 0 Å². The monoisotopic (exact) mass is 241 g/mol. The molecule has 2 rings (SSSR count). The molecule has 5 nitrogen and oxygen atoms in total. The van der Waals surface area contributed by atoms with Crippen LogP contribution >= 0.6 is 0 Å². The highest BCUT2D eigenvalue weighted by Gasteiger charge is 2.36. The molecule has 0 amide bonds. The molecule has 0 aliphatic carbocycles. The summed E-state index contributed by atoms with van der Waals surface area (Å²) in [6.07, 6.45) is 1.16. The number of likely N-dealkylation sites (tertiary alicyclic amines) is 1. The highest BCUT2D eigenvalue weighted by molar-refractivity contribution is 5.76. The molecule has 2 fully saturated rings. The summed E-state index contributed by atoms with van der Waals surface area (Å²) in [5.41, 5.74) is 0. The molecule has 5 heteroatoms. The zero-order valence-corrected chi connectivity index (χ0v) is 10.8. The number of nitrogens with zero attached hydrogens (tertiary/aromatic N) is 2. The average molecular weight is 241 g/mol. The standard InChI is InChI=1S/C12H23N3O2/c1-3-17-12(16)11-8-13-5-7-15(11)10-4-6-14(2)9-10/h10-11,13H,3-9H2,1-2H3. The van der Waals surface area contributed by atoms with Crippen molar-refractivity contribution >= 4 is 5.97 Å². The minimum atomic E-state index is -0.0970. The van der Waals surface area contributed by atoms with E-state index in [-0.39, 0.29) is 12.0 Å². The molecule has 2 atom stereocenters. The molecule has 17 heavy (non-hydrogen) atoms. The molecule has 0 spiro atoms. The van der Waals surface area contributed by atoms with E-state index in [1.807, 2.05) is 6.92 Å². The van der Waals surface area contributed by atoms with Gasteiger partial charge < -0.3 is 15.0 Å². The molecule has 2 saturated heterocycles. The lowest BCUT2D eigenvalue weighted by molar-refractivity contribution is -0.151. The summed E-state index contributed by atoms with van der Waals surface area (Å²) in [4.78, 5) is 16.6. The zero-order chi connectivity index (χ0) is 12.3. The predicted molar refractivity (Wildman–Crippen MR) is 65.9 cm³/mol. The Labute approximate surface area is 103 Å². The minimum absolute atomic E-state index is 0.0748. The van der Waals surface area contributed by atoms with Crippen LogP contribution < -0.4 is 5.32 Å². The van der Waals surface area contributed by atoms with Crippen LogP contribution in [0.5, 0.6) is 0 Å². The normalized spacial score (nSPS) is 31.6. The first-order valence-electron chi connectivity index (χ1n) is 6.54. The molecular weight excluding hydrogens is 218 g/mol. The summed E-state index contributed by atoms with van der Waals surface area (Å²) >= 11 is 0. The van der Waals surface area contributed by atoms with Gasteiger partial charge in [0.1, 0.15) is 6.04 Å². The third-order valence-corrected chi connectivity index (χ3v) is 3.68. The van der Waals surface area contributed by atoms with Gasteiger partial charge in [-0.1, -0.05) is 0 Å². The molecule has 0 aromatic rings. The lowest BCUT2D eigenvalue weighted by Crippen LogP contribution is -2.59. The molecular formula is C12H23N3O2. The predicted octanol–water partition coefficient (Wildman–Crippen LogP) is -0.473. The second-order valence-corrected chi connectivity index (χ2v) is 4.91. The van der Waals surface area contributed by atoms with Gasteiger partial charge in [-0.05, 0) is 26.9 Å². The van der Waals surface area contributed by atoms with Gasteiger partial charge in [-0.25, -0.2) is 0 Å². The van der Waals surface area contributed by atoms with Gasteiger partial charge in [-0.15, -0.1) is 0 Å². The first kappa shape index (κ1) is 12.8. The van der Waals surface area contributed by atoms with Crippen LogP contribution in [0.15, 0.2) is 0 Å². The summed E-state index contributed by atoms with van der Waals surface area (Å²) in [5, 5.41) is 3.28. The number of likely N-dealkylation sites (N-methyl/N-ethyl adjacent to an activating group) is 1. The summed E-state index contributed by atoms with van der Waals surface area (Å²) in [7, 11) is 2.14. The largest absolute Gasteiger partial charge is 0.465 e. The number of piperazine rings is 1. The fraction of sp³-hybridized carbons (Fsp3) is 0.917. The van der Waals surface area contributed by atoms with E-state index < -0.39 is 0 Å². The van der Waals surface area contributed by atoms with Gasteiger partial charge in [0.15, 0.2) is 0 Å². The Morgan fingerprint density at radius 1 is 1.47 bits per heavy atom. The summed E-state index contributed by atoms with van der Waals surface area (Å²) in [6, 6.07) is 0.414. The van der Waals surface area contributed by atoms with Crippen LogP contribution in [0.1, 0.15) is 13.3 Å². The van der Waals surface area contributed by atoms with Crippen molar-refractivity contribution in [3.8, 4) is 0 Å². The van der Waals surface area contributed by atoms with E-state index in [4.69, 9.17) is 4.74 Å². The van der Waals surface area contributed by atoms with Crippen molar-refractivity contribution in [2.45, 2.75) is 25.4 Å². The van der Waals surface area contributed by atoms with E-state index in [9.17, 15) is 4.79 Å². The van der Waals surface area contributed by atoms with E-state index in [1.165, 1.54) is 0 Å². The number of carbonyl (C=O) groups excluding carboxylic acids is 1. The first-order valence-corrected chi connectivity index (χ1v) is 6.54. The molecule has 98 valence electrons. The molecule has 2 heterocycles. The van der Waals surface area contributed by atoms with E-state index in [0.717, 1.165) is 39.1 Å². The fourth-order valence-corrected chi connectivity index (χ4v) is 2.80. The molecule has 0 aromatic carbocycles. The number of esters is 1. The quantitative estimate of drug-likeness (QED) is 0.677. The van der Waals surface area contributed by atoms with Crippen molar-refractivity contribution < 1.29 is 9.53 Å². The average Bonchev–Trinajstić information content (AvgIpc) is 2.76. The van der Waals surface area contributed by atoms with Crippen molar-refractivity contribution in [2.75, 3.05) is 46.4 Å². The van der Waals surface area contributed by atoms with Crippen LogP contribution in [0.3, 0.4) is 0 Å². The number of carbonyl (C=O) groups is 1. The second-order valence-electron chi connectivity index (χ2n) is 4.91. The van der Waals surface area contributed by atoms with Crippen molar-refractivity contribution in [3.05, 3.63) is 0 Å². The smallest absolute Gasteiger partial charge is 0.324 e. The molecule has 1 N–H and O–H groups in total. The lowest BCUT2D eigenvalue weighted by Gasteiger charge is -2.38. The van der Waals surface area contributed by atoms with Gasteiger partial charge in [-0.3, -0.25) is 9.69 Å². The van der Waals surface area contributed by atoms with Gasteiger partial charge in [0.05, 0.1) is 6.61 Å². The number of ether oxygens (including phenoxy) is 1. The number of hydrogen-bond donors (Lipinski definition) is 1. The maximum Gasteiger partial charge on any atom is 0.324 e. The van der Waals surface area contributed by atoms with Crippen LogP contribution in [0.4, 0.5) is 0 Å². The van der Waals surface area contributed by atoms with E-state index in [0.29, 0.717) is 12.6 Å². The molecule has 2 unspecified atom stereocenters. The van der Waals surface area contributed by atoms with Gasteiger partial charge in [0, 0.05) is 32.2 Å². The Balaban J connectivity index is 1.99. The molecule has 0 aromatic heterocycles. The van der Waals surface area contributed by atoms with Crippen LogP contribution in [-0.2, 0) is 9.53 Å². The Morgan fingerprint density at radius 3 is 2.94 bits per heavy atom. The van der Waals surface area contributed by atoms with Crippen molar-refractivity contribution in [3.63, 3.8) is 0 Å². The van der Waals surface area contributed by atoms with Crippen molar-refractivity contribution in [1.29, 1.82) is 0 Å². The maximum atomic E-state index is 11.9. The maximum absolute atomic E-state index is 11.9. The Hall–Kier alpha value is -0.650. The van der Waals surface area contributed by atoms with Crippen LogP contribution in [0.25, 0.3) is 0 Å². The summed E-state index contributed by atoms with van der Waals surface area (Å²) in [5.74, 6) is -0.0748. The van der Waals surface area contributed by atoms with Crippen LogP contribution in [-0.4, -0.2) is 74.2 Å². The third kappa shape index (κ3) is 2.97. The first-order chi connectivity index (χ1) is 8.22. The SMILES string of the molecule is CCOC(=O)C1CNCCN1C1CCN(C)C1. The zero-order valence-electron chi connectivity index (χ0n) is 10.8. The van der Waals surface area contributed by atoms with Crippen molar-refractivity contribution in [1.82, 2.24) is 15.1 Å². The number of nitrogens with one attached hydrogen (secondary N) is 1. The van der Waals surface area contributed by atoms with Gasteiger partial charge >= 0.3 is 5.97 Å². The third-order valence-electron chi connectivity index (χ3n) is 3.68. The summed E-state index contributed by atoms with van der Waals surface area (Å²) < 4.78 is 5.16. The Morgan fingerprint density at radius 2 is 2.29 bits per heavy atom. The van der Waals surface area contributed by atoms with Gasteiger partial charge in [0.2, 0.25) is 0 Å². The van der Waals surface area contributed by atoms with E-state index in [2.05, 4.69) is 22.2 Å². The van der Waals surface area contributed by atoms with Crippen LogP contribution in [0.2, 0.25) is 0 Å². The Bertz CT molecular complexity index is 272. The van der Waals surface area contributed by atoms with Gasteiger partial charge in [0.25, 0.3) is 0 Å². The molecule has 0 saturated carbocycles. The number of rotatable bonds is 3. The fourth-order valence-electron chi connectivity index (χ4n) is 2.80. The van der Waals surface area contributed by atoms with Gasteiger partial charge in [-0.2, -0.15) is 0 Å². The molecule has 0 bridgehead atoms. The molecule has 2 aliphatic heterocycles. The Kier molecular flexibility index (Phi) is 4.36. The van der Waals surface area contributed by atoms with Crippen LogP contribution in [0, 0.1) is 0 Å². The topological polar surface area (TPSA) is 44.8 Å². The number of hydrogen-bond acceptors (Lipinski definition) is 5. The van der Waals surface area contributed by atoms with E-state index >= 15 is 0 Å².